The van der Waals surface area contributed by atoms with Gasteiger partial charge in [-0.2, -0.15) is 0 Å². The van der Waals surface area contributed by atoms with E-state index in [0.29, 0.717) is 18.9 Å². The van der Waals surface area contributed by atoms with Crippen LogP contribution in [-0.2, 0) is 24.2 Å². The Kier molecular flexibility index (Phi) is 7.14. The molecule has 0 spiro atoms. The van der Waals surface area contributed by atoms with Crippen molar-refractivity contribution in [1.82, 2.24) is 9.88 Å². The normalized spacial score (nSPS) is 19.2. The number of aliphatic carboxylic acids is 1. The molecule has 0 radical (unpaired) electrons. The number of fused-ring (bicyclic) bond motifs is 1. The van der Waals surface area contributed by atoms with Crippen molar-refractivity contribution >= 4 is 11.9 Å². The van der Waals surface area contributed by atoms with Gasteiger partial charge in [-0.1, -0.05) is 39.5 Å². The summed E-state index contributed by atoms with van der Waals surface area (Å²) in [5, 5.41) is 12.1. The minimum atomic E-state index is -1.06. The van der Waals surface area contributed by atoms with Gasteiger partial charge in [0, 0.05) is 12.2 Å². The number of carboxylic acid groups (broad SMARTS) is 1. The molecule has 2 aliphatic carbocycles. The fourth-order valence-corrected chi connectivity index (χ4v) is 4.77. The maximum atomic E-state index is 13.3. The fraction of sp³-hybridized carbons (Fsp3) is 0.696. The number of amides is 1. The number of aromatic nitrogens is 1. The van der Waals surface area contributed by atoms with Crippen LogP contribution in [0.1, 0.15) is 86.8 Å². The number of carbonyl (C=O) groups is 2. The molecule has 2 N–H and O–H groups in total. The first-order valence-corrected chi connectivity index (χ1v) is 11.2. The van der Waals surface area contributed by atoms with Crippen molar-refractivity contribution in [2.24, 2.45) is 11.8 Å². The van der Waals surface area contributed by atoms with Gasteiger partial charge in [0.25, 0.3) is 11.5 Å². The second kappa shape index (κ2) is 9.59. The summed E-state index contributed by atoms with van der Waals surface area (Å²) in [6.45, 7) is 4.37. The zero-order valence-electron chi connectivity index (χ0n) is 17.7. The minimum Gasteiger partial charge on any atom is -0.480 e. The van der Waals surface area contributed by atoms with E-state index in [0.717, 1.165) is 49.8 Å². The maximum absolute atomic E-state index is 13.3. The van der Waals surface area contributed by atoms with Gasteiger partial charge in [-0.15, -0.1) is 0 Å². The number of hydrogen-bond acceptors (Lipinski definition) is 3. The van der Waals surface area contributed by atoms with Crippen LogP contribution in [-0.4, -0.2) is 27.6 Å². The van der Waals surface area contributed by atoms with Crippen molar-refractivity contribution < 1.29 is 14.7 Å². The fourth-order valence-electron chi connectivity index (χ4n) is 4.77. The Morgan fingerprint density at radius 1 is 1.17 bits per heavy atom. The third-order valence-corrected chi connectivity index (χ3v) is 6.78. The molecule has 160 valence electrons. The number of hydrogen-bond donors (Lipinski definition) is 2. The zero-order valence-corrected chi connectivity index (χ0v) is 17.7. The molecule has 3 rings (SSSR count). The Labute approximate surface area is 172 Å². The molecule has 29 heavy (non-hydrogen) atoms. The summed E-state index contributed by atoms with van der Waals surface area (Å²) in [6, 6.07) is 0.730. The van der Waals surface area contributed by atoms with E-state index in [1.165, 1.54) is 19.3 Å². The van der Waals surface area contributed by atoms with Crippen LogP contribution >= 0.6 is 0 Å². The van der Waals surface area contributed by atoms with E-state index in [2.05, 4.69) is 5.32 Å². The first kappa shape index (κ1) is 21.6. The minimum absolute atomic E-state index is 0.0935. The first-order chi connectivity index (χ1) is 13.9. The first-order valence-electron chi connectivity index (χ1n) is 11.2. The molecule has 0 unspecified atom stereocenters. The van der Waals surface area contributed by atoms with Crippen LogP contribution < -0.4 is 10.9 Å². The standard InChI is InChI=1S/C23H34N2O4/c1-3-15(2)20(23(28)29)24-21(26)18-13-17-11-7-8-12-19(17)25(22(18)27)14-16-9-5-4-6-10-16/h13,15-16,20H,3-12,14H2,1-2H3,(H,24,26)(H,28,29)/t15-,20+/m1/s1. The van der Waals surface area contributed by atoms with Crippen LogP contribution in [0.25, 0.3) is 0 Å². The van der Waals surface area contributed by atoms with E-state index < -0.39 is 17.9 Å². The monoisotopic (exact) mass is 402 g/mol. The number of nitrogens with zero attached hydrogens (tertiary/aromatic N) is 1. The summed E-state index contributed by atoms with van der Waals surface area (Å²) in [6.07, 6.45) is 10.4. The Morgan fingerprint density at radius 3 is 2.52 bits per heavy atom. The topological polar surface area (TPSA) is 88.4 Å². The average Bonchev–Trinajstić information content (AvgIpc) is 2.73. The largest absolute Gasteiger partial charge is 0.480 e. The molecule has 1 aromatic rings. The predicted octanol–water partition coefficient (Wildman–Crippen LogP) is 3.54. The molecule has 0 aliphatic heterocycles. The number of carbonyl (C=O) groups excluding carboxylic acids is 1. The van der Waals surface area contributed by atoms with E-state index in [-0.39, 0.29) is 17.0 Å². The molecule has 1 amide bonds. The average molecular weight is 403 g/mol. The van der Waals surface area contributed by atoms with Crippen LogP contribution in [0.15, 0.2) is 10.9 Å². The smallest absolute Gasteiger partial charge is 0.326 e. The molecule has 0 aromatic carbocycles. The van der Waals surface area contributed by atoms with Gasteiger partial charge in [0.15, 0.2) is 0 Å². The van der Waals surface area contributed by atoms with Crippen molar-refractivity contribution in [1.29, 1.82) is 0 Å². The number of aryl methyl sites for hydroxylation is 1. The summed E-state index contributed by atoms with van der Waals surface area (Å²) in [4.78, 5) is 37.9. The summed E-state index contributed by atoms with van der Waals surface area (Å²) in [5.74, 6) is -1.35. The molecule has 2 atom stereocenters. The van der Waals surface area contributed by atoms with Crippen LogP contribution in [0.5, 0.6) is 0 Å². The zero-order chi connectivity index (χ0) is 21.0. The Balaban J connectivity index is 1.93. The maximum Gasteiger partial charge on any atom is 0.326 e. The lowest BCUT2D eigenvalue weighted by Crippen LogP contribution is -2.47. The van der Waals surface area contributed by atoms with Crippen molar-refractivity contribution in [3.8, 4) is 0 Å². The molecular weight excluding hydrogens is 368 g/mol. The van der Waals surface area contributed by atoms with Crippen molar-refractivity contribution in [3.05, 3.63) is 33.2 Å². The lowest BCUT2D eigenvalue weighted by atomic mass is 9.88. The third-order valence-electron chi connectivity index (χ3n) is 6.78. The highest BCUT2D eigenvalue weighted by Gasteiger charge is 2.29. The highest BCUT2D eigenvalue weighted by molar-refractivity contribution is 5.96. The molecule has 0 saturated heterocycles. The molecule has 1 fully saturated rings. The molecule has 1 aromatic heterocycles. The SMILES string of the molecule is CC[C@@H](C)[C@H](NC(=O)c1cc2c(n(CC3CCCCC3)c1=O)CCCC2)C(=O)O. The highest BCUT2D eigenvalue weighted by atomic mass is 16.4. The predicted molar refractivity (Wildman–Crippen MR) is 112 cm³/mol. The summed E-state index contributed by atoms with van der Waals surface area (Å²) >= 11 is 0. The highest BCUT2D eigenvalue weighted by Crippen LogP contribution is 2.27. The summed E-state index contributed by atoms with van der Waals surface area (Å²) < 4.78 is 1.85. The molecule has 1 saturated carbocycles. The van der Waals surface area contributed by atoms with Crippen molar-refractivity contribution in [2.45, 2.75) is 90.6 Å². The summed E-state index contributed by atoms with van der Waals surface area (Å²) in [7, 11) is 0. The Hall–Kier alpha value is -2.11. The van der Waals surface area contributed by atoms with E-state index in [9.17, 15) is 19.5 Å². The van der Waals surface area contributed by atoms with Gasteiger partial charge in [0.05, 0.1) is 0 Å². The Bertz CT molecular complexity index is 808. The van der Waals surface area contributed by atoms with Gasteiger partial charge in [-0.05, 0) is 62.0 Å². The van der Waals surface area contributed by atoms with Gasteiger partial charge in [0.1, 0.15) is 11.6 Å². The van der Waals surface area contributed by atoms with Gasteiger partial charge >= 0.3 is 5.97 Å². The van der Waals surface area contributed by atoms with Gasteiger partial charge in [-0.3, -0.25) is 9.59 Å². The van der Waals surface area contributed by atoms with E-state index in [1.807, 2.05) is 11.5 Å². The number of carboxylic acids is 1. The van der Waals surface area contributed by atoms with E-state index in [1.54, 1.807) is 13.0 Å². The molecule has 6 heteroatoms. The number of pyridine rings is 1. The molecule has 0 bridgehead atoms. The second-order valence-electron chi connectivity index (χ2n) is 8.83. The van der Waals surface area contributed by atoms with Crippen LogP contribution in [0.2, 0.25) is 0 Å². The molecule has 6 nitrogen and oxygen atoms in total. The molecular formula is C23H34N2O4. The van der Waals surface area contributed by atoms with Crippen molar-refractivity contribution in [3.63, 3.8) is 0 Å². The van der Waals surface area contributed by atoms with E-state index in [4.69, 9.17) is 0 Å². The third kappa shape index (κ3) is 4.90. The molecule has 2 aliphatic rings. The molecule has 1 heterocycles. The van der Waals surface area contributed by atoms with Gasteiger partial charge in [0.2, 0.25) is 0 Å². The Morgan fingerprint density at radius 2 is 1.86 bits per heavy atom. The summed E-state index contributed by atoms with van der Waals surface area (Å²) in [5.41, 5.74) is 1.99. The number of nitrogens with one attached hydrogen (secondary N) is 1. The van der Waals surface area contributed by atoms with Gasteiger partial charge in [-0.25, -0.2) is 4.79 Å². The van der Waals surface area contributed by atoms with Crippen LogP contribution in [0.4, 0.5) is 0 Å². The number of rotatable bonds is 7. The lowest BCUT2D eigenvalue weighted by Gasteiger charge is -2.27. The van der Waals surface area contributed by atoms with Gasteiger partial charge < -0.3 is 15.0 Å². The van der Waals surface area contributed by atoms with Crippen molar-refractivity contribution in [2.75, 3.05) is 0 Å². The lowest BCUT2D eigenvalue weighted by molar-refractivity contribution is -0.140. The van der Waals surface area contributed by atoms with E-state index >= 15 is 0 Å². The van der Waals surface area contributed by atoms with Crippen LogP contribution in [0, 0.1) is 11.8 Å². The van der Waals surface area contributed by atoms with Crippen LogP contribution in [0.3, 0.4) is 0 Å². The quantitative estimate of drug-likeness (QED) is 0.730. The second-order valence-corrected chi connectivity index (χ2v) is 8.83.